The molecule has 0 atom stereocenters. The Balaban J connectivity index is 2.21. The molecule has 0 radical (unpaired) electrons. The fourth-order valence-corrected chi connectivity index (χ4v) is 3.73. The highest BCUT2D eigenvalue weighted by molar-refractivity contribution is 5.71. The number of nitrogens with zero attached hydrogens (tertiary/aromatic N) is 2. The Morgan fingerprint density at radius 1 is 0.897 bits per heavy atom. The minimum Gasteiger partial charge on any atom is -0.301 e. The first-order chi connectivity index (χ1) is 13.3. The van der Waals surface area contributed by atoms with E-state index in [4.69, 9.17) is 0 Å². The summed E-state index contributed by atoms with van der Waals surface area (Å²) in [5.74, 6) is 0. The first kappa shape index (κ1) is 22.1. The maximum Gasteiger partial charge on any atom is 0.301 e. The summed E-state index contributed by atoms with van der Waals surface area (Å²) in [6, 6.07) is 10.1. The van der Waals surface area contributed by atoms with Crippen LogP contribution in [0.2, 0.25) is 0 Å². The first-order valence-corrected chi connectivity index (χ1v) is 9.36. The molecule has 2 aromatic carbocycles. The third kappa shape index (κ3) is 5.66. The molecule has 29 heavy (non-hydrogen) atoms. The lowest BCUT2D eigenvalue weighted by Crippen LogP contribution is -2.24. The maximum atomic E-state index is 11.3. The number of aryl methyl sites for hydroxylation is 1. The molecule has 0 saturated carbocycles. The van der Waals surface area contributed by atoms with Gasteiger partial charge in [0.15, 0.2) is 0 Å². The zero-order chi connectivity index (χ0) is 22.0. The van der Waals surface area contributed by atoms with Gasteiger partial charge in [0.25, 0.3) is 5.69 Å². The van der Waals surface area contributed by atoms with Gasteiger partial charge in [-0.2, -0.15) is 0 Å². The van der Waals surface area contributed by atoms with Crippen LogP contribution in [0.15, 0.2) is 36.4 Å². The number of nitro groups is 2. The molecule has 0 aliphatic carbocycles. The summed E-state index contributed by atoms with van der Waals surface area (Å²) in [5.41, 5.74) is 7.85. The van der Waals surface area contributed by atoms with E-state index in [1.54, 1.807) is 6.92 Å². The molecule has 0 fully saturated rings. The largest absolute Gasteiger partial charge is 0.301 e. The standard InChI is InChI=1S/C21H28N4O4/c1-14-11-17(24(26)27)12-18(25(28)29)19(14)23-22-16-9-7-15(8-10-16)21(5,6)13-20(2,3)4/h7-12,22-23H,13H2,1-6H3. The summed E-state index contributed by atoms with van der Waals surface area (Å²) in [7, 11) is 0. The molecule has 156 valence electrons. The molecular weight excluding hydrogens is 372 g/mol. The summed E-state index contributed by atoms with van der Waals surface area (Å²) in [6.45, 7) is 12.7. The Morgan fingerprint density at radius 2 is 1.48 bits per heavy atom. The molecule has 0 spiro atoms. The van der Waals surface area contributed by atoms with Gasteiger partial charge in [-0.3, -0.25) is 25.7 Å². The second-order valence-electron chi connectivity index (χ2n) is 9.12. The van der Waals surface area contributed by atoms with Crippen LogP contribution in [-0.4, -0.2) is 9.85 Å². The van der Waals surface area contributed by atoms with Gasteiger partial charge in [-0.05, 0) is 47.4 Å². The maximum absolute atomic E-state index is 11.3. The van der Waals surface area contributed by atoms with Crippen LogP contribution >= 0.6 is 0 Å². The van der Waals surface area contributed by atoms with Gasteiger partial charge < -0.3 is 5.43 Å². The summed E-state index contributed by atoms with van der Waals surface area (Å²) < 4.78 is 0. The number of hydrazine groups is 1. The predicted molar refractivity (Wildman–Crippen MR) is 115 cm³/mol. The molecule has 0 bridgehead atoms. The van der Waals surface area contributed by atoms with E-state index in [1.807, 2.05) is 24.3 Å². The van der Waals surface area contributed by atoms with Crippen molar-refractivity contribution < 1.29 is 9.85 Å². The van der Waals surface area contributed by atoms with Crippen molar-refractivity contribution in [3.05, 3.63) is 67.8 Å². The van der Waals surface area contributed by atoms with Gasteiger partial charge in [0.05, 0.1) is 21.6 Å². The number of nitrogens with one attached hydrogen (secondary N) is 2. The van der Waals surface area contributed by atoms with Crippen molar-refractivity contribution in [3.8, 4) is 0 Å². The monoisotopic (exact) mass is 400 g/mol. The zero-order valence-corrected chi connectivity index (χ0v) is 17.7. The minimum absolute atomic E-state index is 0.0119. The van der Waals surface area contributed by atoms with E-state index >= 15 is 0 Å². The van der Waals surface area contributed by atoms with E-state index in [9.17, 15) is 20.2 Å². The van der Waals surface area contributed by atoms with E-state index < -0.39 is 9.85 Å². The molecule has 8 heteroatoms. The van der Waals surface area contributed by atoms with Crippen LogP contribution in [0, 0.1) is 32.6 Å². The summed E-state index contributed by atoms with van der Waals surface area (Å²) in [5, 5.41) is 22.3. The Morgan fingerprint density at radius 3 is 1.97 bits per heavy atom. The topological polar surface area (TPSA) is 110 Å². The normalized spacial score (nSPS) is 11.8. The van der Waals surface area contributed by atoms with Crippen molar-refractivity contribution in [1.82, 2.24) is 0 Å². The summed E-state index contributed by atoms with van der Waals surface area (Å²) in [6.07, 6.45) is 1.03. The third-order valence-corrected chi connectivity index (χ3v) is 4.68. The number of nitro benzene ring substituents is 2. The number of rotatable bonds is 7. The van der Waals surface area contributed by atoms with Crippen molar-refractivity contribution in [1.29, 1.82) is 0 Å². The molecule has 8 nitrogen and oxygen atoms in total. The van der Waals surface area contributed by atoms with Crippen molar-refractivity contribution >= 4 is 22.7 Å². The van der Waals surface area contributed by atoms with Gasteiger partial charge in [0, 0.05) is 6.07 Å². The Labute approximate surface area is 170 Å². The minimum atomic E-state index is -0.644. The lowest BCUT2D eigenvalue weighted by molar-refractivity contribution is -0.393. The van der Waals surface area contributed by atoms with Crippen LogP contribution < -0.4 is 10.9 Å². The van der Waals surface area contributed by atoms with Crippen LogP contribution in [0.4, 0.5) is 22.7 Å². The van der Waals surface area contributed by atoms with Crippen LogP contribution in [0.1, 0.15) is 52.2 Å². The summed E-state index contributed by atoms with van der Waals surface area (Å²) >= 11 is 0. The van der Waals surface area contributed by atoms with E-state index in [2.05, 4.69) is 45.5 Å². The number of hydrogen-bond donors (Lipinski definition) is 2. The number of anilines is 2. The molecule has 2 rings (SSSR count). The third-order valence-electron chi connectivity index (χ3n) is 4.68. The van der Waals surface area contributed by atoms with Gasteiger partial charge in [0.1, 0.15) is 5.69 Å². The molecule has 2 aromatic rings. The number of non-ortho nitro benzene ring substituents is 1. The highest BCUT2D eigenvalue weighted by Crippen LogP contribution is 2.37. The smallest absolute Gasteiger partial charge is 0.301 e. The highest BCUT2D eigenvalue weighted by atomic mass is 16.6. The van der Waals surface area contributed by atoms with Crippen LogP contribution in [-0.2, 0) is 5.41 Å². The molecule has 0 aliphatic rings. The summed E-state index contributed by atoms with van der Waals surface area (Å²) in [4.78, 5) is 21.0. The van der Waals surface area contributed by atoms with Gasteiger partial charge in [0.2, 0.25) is 0 Å². The van der Waals surface area contributed by atoms with E-state index in [-0.39, 0.29) is 27.9 Å². The van der Waals surface area contributed by atoms with Crippen molar-refractivity contribution in [2.24, 2.45) is 5.41 Å². The first-order valence-electron chi connectivity index (χ1n) is 9.36. The molecule has 2 N–H and O–H groups in total. The molecule has 0 aromatic heterocycles. The van der Waals surface area contributed by atoms with Crippen LogP contribution in [0.25, 0.3) is 0 Å². The lowest BCUT2D eigenvalue weighted by Gasteiger charge is -2.33. The molecule has 0 saturated heterocycles. The van der Waals surface area contributed by atoms with Gasteiger partial charge >= 0.3 is 5.69 Å². The average Bonchev–Trinajstić information content (AvgIpc) is 2.58. The van der Waals surface area contributed by atoms with Crippen molar-refractivity contribution in [2.75, 3.05) is 10.9 Å². The fraction of sp³-hybridized carbons (Fsp3) is 0.429. The average molecular weight is 400 g/mol. The Kier molecular flexibility index (Phi) is 6.15. The fourth-order valence-electron chi connectivity index (χ4n) is 3.73. The zero-order valence-electron chi connectivity index (χ0n) is 17.7. The van der Waals surface area contributed by atoms with E-state index in [1.165, 1.54) is 11.6 Å². The predicted octanol–water partition coefficient (Wildman–Crippen LogP) is 5.96. The van der Waals surface area contributed by atoms with E-state index in [0.717, 1.165) is 18.2 Å². The SMILES string of the molecule is Cc1cc([N+](=O)[O-])cc([N+](=O)[O-])c1NNc1ccc(C(C)(C)CC(C)(C)C)cc1. The quantitative estimate of drug-likeness (QED) is 0.438. The Bertz CT molecular complexity index is 916. The molecular formula is C21H28N4O4. The molecule has 0 unspecified atom stereocenters. The second kappa shape index (κ2) is 8.06. The van der Waals surface area contributed by atoms with Gasteiger partial charge in [-0.1, -0.05) is 46.8 Å². The van der Waals surface area contributed by atoms with Crippen molar-refractivity contribution in [3.63, 3.8) is 0 Å². The molecule has 0 amide bonds. The van der Waals surface area contributed by atoms with Crippen molar-refractivity contribution in [2.45, 2.75) is 53.4 Å². The van der Waals surface area contributed by atoms with Gasteiger partial charge in [-0.15, -0.1) is 0 Å². The molecule has 0 aliphatic heterocycles. The highest BCUT2D eigenvalue weighted by Gasteiger charge is 2.27. The number of benzene rings is 2. The molecule has 0 heterocycles. The lowest BCUT2D eigenvalue weighted by atomic mass is 9.72. The van der Waals surface area contributed by atoms with Crippen LogP contribution in [0.5, 0.6) is 0 Å². The Hall–Kier alpha value is -3.16. The van der Waals surface area contributed by atoms with Gasteiger partial charge in [-0.25, -0.2) is 0 Å². The van der Waals surface area contributed by atoms with Crippen LogP contribution in [0.3, 0.4) is 0 Å². The second-order valence-corrected chi connectivity index (χ2v) is 9.12. The number of hydrogen-bond acceptors (Lipinski definition) is 6. The van der Waals surface area contributed by atoms with E-state index in [0.29, 0.717) is 5.56 Å².